The van der Waals surface area contributed by atoms with E-state index in [1.54, 1.807) is 0 Å². The van der Waals surface area contributed by atoms with Gasteiger partial charge in [-0.05, 0) is 94.0 Å². The Balaban J connectivity index is 1.23. The highest BCUT2D eigenvalue weighted by molar-refractivity contribution is 6.11. The van der Waals surface area contributed by atoms with Crippen LogP contribution >= 0.6 is 0 Å². The van der Waals surface area contributed by atoms with Gasteiger partial charge in [-0.2, -0.15) is 31.6 Å². The van der Waals surface area contributed by atoms with Crippen LogP contribution in [0.25, 0.3) is 72.0 Å². The molecule has 0 saturated heterocycles. The molecule has 7 aromatic carbocycles. The topological polar surface area (TPSA) is 148 Å². The number of aromatic nitrogens is 1. The van der Waals surface area contributed by atoms with E-state index in [4.69, 9.17) is 0 Å². The zero-order chi connectivity index (χ0) is 38.1. The van der Waals surface area contributed by atoms with Gasteiger partial charge in [-0.1, -0.05) is 78.9 Å². The van der Waals surface area contributed by atoms with Crippen molar-refractivity contribution in [2.45, 2.75) is 0 Å². The van der Waals surface area contributed by atoms with Gasteiger partial charge in [0.25, 0.3) is 0 Å². The number of fused-ring (bicyclic) bond motifs is 3. The van der Waals surface area contributed by atoms with Crippen molar-refractivity contribution >= 4 is 21.8 Å². The van der Waals surface area contributed by atoms with E-state index in [-0.39, 0.29) is 33.4 Å². The summed E-state index contributed by atoms with van der Waals surface area (Å²) in [6, 6.07) is 57.1. The number of benzene rings is 7. The summed E-state index contributed by atoms with van der Waals surface area (Å²) >= 11 is 0. The van der Waals surface area contributed by atoms with Gasteiger partial charge in [0.1, 0.15) is 0 Å². The molecule has 1 aromatic heterocycles. The second-order valence-corrected chi connectivity index (χ2v) is 12.9. The van der Waals surface area contributed by atoms with Crippen LogP contribution in [-0.2, 0) is 0 Å². The Morgan fingerprint density at radius 1 is 0.327 bits per heavy atom. The second kappa shape index (κ2) is 13.8. The van der Waals surface area contributed by atoms with Gasteiger partial charge in [-0.25, -0.2) is 0 Å². The number of hydrogen-bond donors (Lipinski definition) is 0. The monoisotopic (exact) mass is 697 g/mol. The van der Waals surface area contributed by atoms with Crippen molar-refractivity contribution in [2.24, 2.45) is 0 Å². The highest BCUT2D eigenvalue weighted by atomic mass is 15.0. The van der Waals surface area contributed by atoms with Crippen molar-refractivity contribution in [1.29, 1.82) is 31.6 Å². The van der Waals surface area contributed by atoms with Gasteiger partial charge in [-0.15, -0.1) is 0 Å². The molecule has 7 nitrogen and oxygen atoms in total. The molecule has 0 radical (unpaired) electrons. The molecule has 0 aliphatic heterocycles. The van der Waals surface area contributed by atoms with Crippen LogP contribution in [0.4, 0.5) is 0 Å². The van der Waals surface area contributed by atoms with Gasteiger partial charge in [0.2, 0.25) is 0 Å². The fraction of sp³-hybridized carbons (Fsp3) is 0. The lowest BCUT2D eigenvalue weighted by molar-refractivity contribution is 1.18. The predicted octanol–water partition coefficient (Wildman–Crippen LogP) is 10.7. The molecule has 55 heavy (non-hydrogen) atoms. The average molecular weight is 698 g/mol. The van der Waals surface area contributed by atoms with Crippen molar-refractivity contribution in [3.8, 4) is 86.6 Å². The first kappa shape index (κ1) is 33.4. The second-order valence-electron chi connectivity index (χ2n) is 12.9. The number of hydrogen-bond acceptors (Lipinski definition) is 6. The Morgan fingerprint density at radius 3 is 1.02 bits per heavy atom. The third-order valence-electron chi connectivity index (χ3n) is 9.81. The minimum absolute atomic E-state index is 0.267. The molecule has 0 aliphatic carbocycles. The number of para-hydroxylation sites is 1. The van der Waals surface area contributed by atoms with Crippen LogP contribution < -0.4 is 0 Å². The van der Waals surface area contributed by atoms with E-state index >= 15 is 0 Å². The van der Waals surface area contributed by atoms with E-state index in [1.165, 1.54) is 24.3 Å². The fourth-order valence-electron chi connectivity index (χ4n) is 7.28. The summed E-state index contributed by atoms with van der Waals surface area (Å²) < 4.78 is 2.25. The summed E-state index contributed by atoms with van der Waals surface area (Å²) in [5.74, 6) is 0. The molecule has 7 heteroatoms. The molecule has 0 N–H and O–H groups in total. The molecule has 1 heterocycles. The van der Waals surface area contributed by atoms with Crippen LogP contribution in [0.5, 0.6) is 0 Å². The van der Waals surface area contributed by atoms with Crippen molar-refractivity contribution in [3.05, 3.63) is 173 Å². The Labute approximate surface area is 316 Å². The summed E-state index contributed by atoms with van der Waals surface area (Å²) in [6.45, 7) is 0. The van der Waals surface area contributed by atoms with Crippen molar-refractivity contribution in [3.63, 3.8) is 0 Å². The molecule has 0 bridgehead atoms. The summed E-state index contributed by atoms with van der Waals surface area (Å²) in [6.07, 6.45) is 0. The van der Waals surface area contributed by atoms with Crippen molar-refractivity contribution in [2.75, 3.05) is 0 Å². The Hall–Kier alpha value is -8.72. The largest absolute Gasteiger partial charge is 0.309 e. The van der Waals surface area contributed by atoms with Crippen molar-refractivity contribution < 1.29 is 0 Å². The first-order valence-corrected chi connectivity index (χ1v) is 17.1. The quantitative estimate of drug-likeness (QED) is 0.175. The van der Waals surface area contributed by atoms with E-state index in [0.29, 0.717) is 22.3 Å². The SMILES string of the molecule is N#Cc1cc(C#N)c(-c2ccc(-c3ccc4c(c3)c3cc(-c5ccc(-c6c(C#N)cc(C#N)cc6C#N)cc5)ccc3n4-c3ccccc3)cc2)c(C#N)c1. The third-order valence-corrected chi connectivity index (χ3v) is 9.81. The molecule has 0 atom stereocenters. The third kappa shape index (κ3) is 5.77. The van der Waals surface area contributed by atoms with Crippen LogP contribution in [0.1, 0.15) is 33.4 Å². The summed E-state index contributed by atoms with van der Waals surface area (Å²) in [5, 5.41) is 60.2. The summed E-state index contributed by atoms with van der Waals surface area (Å²) in [7, 11) is 0. The zero-order valence-electron chi connectivity index (χ0n) is 28.9. The van der Waals surface area contributed by atoms with Gasteiger partial charge in [-0.3, -0.25) is 0 Å². The molecule has 8 rings (SSSR count). The number of rotatable bonds is 5. The fourth-order valence-corrected chi connectivity index (χ4v) is 7.28. The maximum absolute atomic E-state index is 9.83. The Bertz CT molecular complexity index is 2860. The number of nitriles is 6. The highest BCUT2D eigenvalue weighted by Crippen LogP contribution is 2.39. The van der Waals surface area contributed by atoms with Gasteiger partial charge in [0.05, 0.1) is 80.8 Å². The normalized spacial score (nSPS) is 10.4. The van der Waals surface area contributed by atoms with Crippen LogP contribution in [0.2, 0.25) is 0 Å². The van der Waals surface area contributed by atoms with Gasteiger partial charge in [0.15, 0.2) is 0 Å². The maximum atomic E-state index is 9.83. The van der Waals surface area contributed by atoms with E-state index < -0.39 is 0 Å². The molecule has 8 aromatic rings. The molecule has 0 unspecified atom stereocenters. The molecular weight excluding hydrogens is 675 g/mol. The molecule has 0 amide bonds. The smallest absolute Gasteiger partial charge is 0.0999 e. The Morgan fingerprint density at radius 2 is 0.673 bits per heavy atom. The lowest BCUT2D eigenvalue weighted by atomic mass is 9.91. The molecular formula is C48H23N7. The van der Waals surface area contributed by atoms with E-state index in [0.717, 1.165) is 49.7 Å². The molecule has 0 aliphatic rings. The van der Waals surface area contributed by atoms with Gasteiger partial charge < -0.3 is 4.57 Å². The highest BCUT2D eigenvalue weighted by Gasteiger charge is 2.18. The van der Waals surface area contributed by atoms with E-state index in [2.05, 4.69) is 77.4 Å². The molecule has 250 valence electrons. The molecule has 0 fully saturated rings. The minimum Gasteiger partial charge on any atom is -0.309 e. The first-order chi connectivity index (χ1) is 27.0. The molecule has 0 spiro atoms. The summed E-state index contributed by atoms with van der Waals surface area (Å²) in [4.78, 5) is 0. The van der Waals surface area contributed by atoms with Crippen LogP contribution in [-0.4, -0.2) is 4.57 Å². The molecule has 0 saturated carbocycles. The van der Waals surface area contributed by atoms with Gasteiger partial charge in [0, 0.05) is 27.6 Å². The zero-order valence-corrected chi connectivity index (χ0v) is 28.9. The van der Waals surface area contributed by atoms with Crippen LogP contribution in [0.3, 0.4) is 0 Å². The maximum Gasteiger partial charge on any atom is 0.0999 e. The standard InChI is InChI=1S/C48H23N7/c49-24-30-18-38(26-51)47(39(19-30)27-52)34-10-6-32(7-11-34)36-14-16-45-43(22-36)44-23-37(15-17-46(44)55(45)42-4-2-1-3-5-42)33-8-12-35(13-9-33)48-40(28-53)20-31(25-50)21-41(48)29-54/h1-23H. The first-order valence-electron chi connectivity index (χ1n) is 17.1. The lowest BCUT2D eigenvalue weighted by Gasteiger charge is -2.10. The van der Waals surface area contributed by atoms with E-state index in [1.807, 2.05) is 78.9 Å². The number of nitrogens with zero attached hydrogens (tertiary/aromatic N) is 7. The Kier molecular flexibility index (Phi) is 8.37. The van der Waals surface area contributed by atoms with E-state index in [9.17, 15) is 31.6 Å². The predicted molar refractivity (Wildman–Crippen MR) is 211 cm³/mol. The minimum atomic E-state index is 0.267. The van der Waals surface area contributed by atoms with Gasteiger partial charge >= 0.3 is 0 Å². The van der Waals surface area contributed by atoms with Crippen molar-refractivity contribution in [1.82, 2.24) is 4.57 Å². The average Bonchev–Trinajstić information content (AvgIpc) is 3.58. The van der Waals surface area contributed by atoms with Crippen LogP contribution in [0, 0.1) is 68.0 Å². The van der Waals surface area contributed by atoms with Crippen LogP contribution in [0.15, 0.2) is 140 Å². The summed E-state index contributed by atoms with van der Waals surface area (Å²) in [5.41, 5.74) is 11.1. The lowest BCUT2D eigenvalue weighted by Crippen LogP contribution is -1.93.